The second-order valence-electron chi connectivity index (χ2n) is 3.26. The molecule has 0 aliphatic rings. The number of halogens is 3. The first-order valence-electron chi connectivity index (χ1n) is 4.59. The number of pyridine rings is 1. The van der Waals surface area contributed by atoms with Crippen LogP contribution < -0.4 is 10.5 Å². The van der Waals surface area contributed by atoms with Crippen LogP contribution in [0.15, 0.2) is 43.9 Å². The van der Waals surface area contributed by atoms with Gasteiger partial charge in [-0.2, -0.15) is 0 Å². The van der Waals surface area contributed by atoms with Crippen LogP contribution in [0, 0.1) is 0 Å². The van der Waals surface area contributed by atoms with Crippen molar-refractivity contribution in [1.29, 1.82) is 0 Å². The average Bonchev–Trinajstić information content (AvgIpc) is 2.21. The highest BCUT2D eigenvalue weighted by molar-refractivity contribution is 9.11. The summed E-state index contributed by atoms with van der Waals surface area (Å²) in [5, 5.41) is 0. The van der Waals surface area contributed by atoms with Crippen molar-refractivity contribution in [3.63, 3.8) is 0 Å². The molecule has 2 aromatic rings. The third-order valence-corrected chi connectivity index (χ3v) is 3.34. The van der Waals surface area contributed by atoms with E-state index in [9.17, 15) is 0 Å². The van der Waals surface area contributed by atoms with Crippen LogP contribution in [0.4, 0.5) is 5.69 Å². The van der Waals surface area contributed by atoms with Gasteiger partial charge in [-0.05, 0) is 50.1 Å². The van der Waals surface area contributed by atoms with Gasteiger partial charge in [-0.1, -0.05) is 15.9 Å². The Labute approximate surface area is 124 Å². The summed E-state index contributed by atoms with van der Waals surface area (Å²) in [7, 11) is 0. The van der Waals surface area contributed by atoms with Crippen molar-refractivity contribution < 1.29 is 4.74 Å². The smallest absolute Gasteiger partial charge is 0.233 e. The average molecular weight is 423 g/mol. The molecule has 0 aliphatic carbocycles. The maximum atomic E-state index is 5.73. The van der Waals surface area contributed by atoms with E-state index in [1.807, 2.05) is 12.1 Å². The molecule has 17 heavy (non-hydrogen) atoms. The summed E-state index contributed by atoms with van der Waals surface area (Å²) in [6.45, 7) is 0. The second kappa shape index (κ2) is 5.37. The Bertz CT molecular complexity index is 540. The van der Waals surface area contributed by atoms with Crippen LogP contribution in [-0.4, -0.2) is 4.98 Å². The SMILES string of the molecule is Nc1cc(Br)cc(Oc2ncc(Br)cc2Br)c1. The third-order valence-electron chi connectivity index (χ3n) is 1.88. The van der Waals surface area contributed by atoms with Crippen LogP contribution in [0.25, 0.3) is 0 Å². The van der Waals surface area contributed by atoms with Gasteiger partial charge in [-0.15, -0.1) is 0 Å². The number of hydrogen-bond donors (Lipinski definition) is 1. The fraction of sp³-hybridized carbons (Fsp3) is 0. The lowest BCUT2D eigenvalue weighted by molar-refractivity contribution is 0.459. The van der Waals surface area contributed by atoms with E-state index in [2.05, 4.69) is 52.8 Å². The molecule has 0 fully saturated rings. The van der Waals surface area contributed by atoms with E-state index >= 15 is 0 Å². The molecule has 0 bridgehead atoms. The number of rotatable bonds is 2. The number of benzene rings is 1. The molecular weight excluding hydrogens is 416 g/mol. The Morgan fingerprint density at radius 2 is 1.76 bits per heavy atom. The van der Waals surface area contributed by atoms with Gasteiger partial charge in [0.15, 0.2) is 0 Å². The van der Waals surface area contributed by atoms with E-state index in [0.717, 1.165) is 13.4 Å². The van der Waals surface area contributed by atoms with Crippen molar-refractivity contribution >= 4 is 53.5 Å². The van der Waals surface area contributed by atoms with Crippen LogP contribution in [-0.2, 0) is 0 Å². The van der Waals surface area contributed by atoms with Crippen LogP contribution in [0.3, 0.4) is 0 Å². The van der Waals surface area contributed by atoms with Crippen molar-refractivity contribution in [2.24, 2.45) is 0 Å². The molecule has 0 saturated carbocycles. The normalized spacial score (nSPS) is 10.3. The molecule has 0 unspecified atom stereocenters. The number of hydrogen-bond acceptors (Lipinski definition) is 3. The minimum absolute atomic E-state index is 0.491. The fourth-order valence-electron chi connectivity index (χ4n) is 1.23. The Morgan fingerprint density at radius 1 is 1.00 bits per heavy atom. The molecule has 1 aromatic carbocycles. The van der Waals surface area contributed by atoms with Gasteiger partial charge in [0.1, 0.15) is 5.75 Å². The summed E-state index contributed by atoms with van der Waals surface area (Å²) in [4.78, 5) is 4.16. The maximum Gasteiger partial charge on any atom is 0.233 e. The summed E-state index contributed by atoms with van der Waals surface area (Å²) >= 11 is 10.1. The minimum Gasteiger partial charge on any atom is -0.438 e. The molecule has 1 heterocycles. The molecule has 1 aromatic heterocycles. The van der Waals surface area contributed by atoms with Gasteiger partial charge >= 0.3 is 0 Å². The third kappa shape index (κ3) is 3.43. The summed E-state index contributed by atoms with van der Waals surface area (Å²) < 4.78 is 8.15. The first kappa shape index (κ1) is 12.9. The molecule has 0 spiro atoms. The summed E-state index contributed by atoms with van der Waals surface area (Å²) in [6.07, 6.45) is 1.67. The Kier molecular flexibility index (Phi) is 4.06. The van der Waals surface area contributed by atoms with Crippen molar-refractivity contribution in [3.8, 4) is 11.6 Å². The minimum atomic E-state index is 0.491. The molecular formula is C11H7Br3N2O. The number of nitrogens with zero attached hydrogens (tertiary/aromatic N) is 1. The zero-order chi connectivity index (χ0) is 12.4. The molecule has 2 rings (SSSR count). The Hall–Kier alpha value is -0.590. The Morgan fingerprint density at radius 3 is 2.41 bits per heavy atom. The van der Waals surface area contributed by atoms with Crippen LogP contribution in [0.1, 0.15) is 0 Å². The van der Waals surface area contributed by atoms with Gasteiger partial charge in [-0.3, -0.25) is 0 Å². The number of nitrogen functional groups attached to an aromatic ring is 1. The first-order valence-corrected chi connectivity index (χ1v) is 6.97. The van der Waals surface area contributed by atoms with E-state index in [4.69, 9.17) is 10.5 Å². The van der Waals surface area contributed by atoms with Gasteiger partial charge in [0.2, 0.25) is 5.88 Å². The molecule has 6 heteroatoms. The molecule has 3 nitrogen and oxygen atoms in total. The molecule has 0 amide bonds. The highest BCUT2D eigenvalue weighted by Crippen LogP contribution is 2.31. The monoisotopic (exact) mass is 420 g/mol. The molecule has 2 N–H and O–H groups in total. The van der Waals surface area contributed by atoms with E-state index in [1.165, 1.54) is 0 Å². The molecule has 0 radical (unpaired) electrons. The number of anilines is 1. The highest BCUT2D eigenvalue weighted by Gasteiger charge is 2.06. The van der Waals surface area contributed by atoms with Crippen LogP contribution in [0.2, 0.25) is 0 Å². The predicted octanol–water partition coefficient (Wildman–Crippen LogP) is 4.74. The summed E-state index contributed by atoms with van der Waals surface area (Å²) in [5.41, 5.74) is 6.35. The topological polar surface area (TPSA) is 48.1 Å². The van der Waals surface area contributed by atoms with Crippen molar-refractivity contribution in [2.45, 2.75) is 0 Å². The lowest BCUT2D eigenvalue weighted by atomic mass is 10.3. The lowest BCUT2D eigenvalue weighted by Crippen LogP contribution is -1.91. The standard InChI is InChI=1S/C11H7Br3N2O/c12-6-1-8(15)4-9(2-6)17-11-10(14)3-7(13)5-16-11/h1-5H,15H2. The summed E-state index contributed by atoms with van der Waals surface area (Å²) in [5.74, 6) is 1.12. The highest BCUT2D eigenvalue weighted by atomic mass is 79.9. The maximum absolute atomic E-state index is 5.73. The van der Waals surface area contributed by atoms with Gasteiger partial charge in [0, 0.05) is 26.9 Å². The van der Waals surface area contributed by atoms with Crippen molar-refractivity contribution in [3.05, 3.63) is 43.9 Å². The van der Waals surface area contributed by atoms with Gasteiger partial charge in [0.25, 0.3) is 0 Å². The molecule has 0 saturated heterocycles. The largest absolute Gasteiger partial charge is 0.438 e. The van der Waals surface area contributed by atoms with Gasteiger partial charge < -0.3 is 10.5 Å². The number of ether oxygens (including phenoxy) is 1. The van der Waals surface area contributed by atoms with Crippen LogP contribution >= 0.6 is 47.8 Å². The zero-order valence-corrected chi connectivity index (χ0v) is 13.2. The van der Waals surface area contributed by atoms with Crippen molar-refractivity contribution in [1.82, 2.24) is 4.98 Å². The van der Waals surface area contributed by atoms with Crippen LogP contribution in [0.5, 0.6) is 11.6 Å². The van der Waals surface area contributed by atoms with Gasteiger partial charge in [0.05, 0.1) is 4.47 Å². The lowest BCUT2D eigenvalue weighted by Gasteiger charge is -2.08. The first-order chi connectivity index (χ1) is 8.04. The van der Waals surface area contributed by atoms with E-state index < -0.39 is 0 Å². The van der Waals surface area contributed by atoms with Crippen molar-refractivity contribution in [2.75, 3.05) is 5.73 Å². The van der Waals surface area contributed by atoms with E-state index in [-0.39, 0.29) is 0 Å². The molecule has 0 aliphatic heterocycles. The van der Waals surface area contributed by atoms with E-state index in [1.54, 1.807) is 18.3 Å². The summed E-state index contributed by atoms with van der Waals surface area (Å²) in [6, 6.07) is 7.23. The number of nitrogens with two attached hydrogens (primary N) is 1. The van der Waals surface area contributed by atoms with E-state index in [0.29, 0.717) is 17.3 Å². The second-order valence-corrected chi connectivity index (χ2v) is 5.95. The predicted molar refractivity (Wildman–Crippen MR) is 78.3 cm³/mol. The quantitative estimate of drug-likeness (QED) is 0.711. The Balaban J connectivity index is 2.31. The molecule has 88 valence electrons. The fourth-order valence-corrected chi connectivity index (χ4v) is 2.79. The molecule has 0 atom stereocenters. The van der Waals surface area contributed by atoms with Gasteiger partial charge in [-0.25, -0.2) is 4.98 Å². The number of aromatic nitrogens is 1. The zero-order valence-electron chi connectivity index (χ0n) is 8.45.